The van der Waals surface area contributed by atoms with Gasteiger partial charge < -0.3 is 9.64 Å². The van der Waals surface area contributed by atoms with Crippen molar-refractivity contribution in [3.63, 3.8) is 0 Å². The monoisotopic (exact) mass is 471 g/mol. The van der Waals surface area contributed by atoms with E-state index in [9.17, 15) is 8.42 Å². The van der Waals surface area contributed by atoms with Crippen molar-refractivity contribution in [2.75, 3.05) is 24.2 Å². The Kier molecular flexibility index (Phi) is 6.59. The fourth-order valence-corrected chi connectivity index (χ4v) is 4.45. The molecule has 176 valence electrons. The molecule has 2 aromatic heterocycles. The first-order chi connectivity index (χ1) is 15.7. The molecule has 1 fully saturated rings. The van der Waals surface area contributed by atoms with E-state index < -0.39 is 9.84 Å². The second kappa shape index (κ2) is 9.42. The van der Waals surface area contributed by atoms with Gasteiger partial charge in [-0.15, -0.1) is 5.10 Å². The lowest BCUT2D eigenvalue weighted by molar-refractivity contribution is 0.127. The normalized spacial score (nSPS) is 16.2. The Labute approximate surface area is 193 Å². The second-order valence-corrected chi connectivity index (χ2v) is 10.7. The topological polar surface area (TPSA) is 116 Å². The number of benzene rings is 1. The molecule has 1 atom stereocenters. The maximum absolute atomic E-state index is 11.6. The summed E-state index contributed by atoms with van der Waals surface area (Å²) in [4.78, 5) is 12.9. The van der Waals surface area contributed by atoms with Crippen LogP contribution in [0.5, 0.6) is 5.88 Å². The molecule has 1 aliphatic rings. The Bertz CT molecular complexity index is 1170. The summed E-state index contributed by atoms with van der Waals surface area (Å²) in [6, 6.07) is 6.79. The molecule has 0 spiro atoms. The molecule has 3 heterocycles. The lowest BCUT2D eigenvalue weighted by atomic mass is 9.92. The van der Waals surface area contributed by atoms with Crippen LogP contribution in [0, 0.1) is 5.92 Å². The number of aromatic nitrogens is 6. The number of anilines is 1. The summed E-state index contributed by atoms with van der Waals surface area (Å²) in [5.74, 6) is 1.55. The van der Waals surface area contributed by atoms with Gasteiger partial charge in [-0.2, -0.15) is 4.80 Å². The molecular weight excluding hydrogens is 442 g/mol. The van der Waals surface area contributed by atoms with Crippen LogP contribution >= 0.6 is 0 Å². The van der Waals surface area contributed by atoms with Crippen molar-refractivity contribution >= 4 is 15.8 Å². The Balaban J connectivity index is 1.32. The first-order valence-electron chi connectivity index (χ1n) is 11.0. The smallest absolute Gasteiger partial charge is 0.266 e. The zero-order chi connectivity index (χ0) is 23.6. The van der Waals surface area contributed by atoms with E-state index >= 15 is 0 Å². The van der Waals surface area contributed by atoms with Crippen LogP contribution in [0.2, 0.25) is 0 Å². The molecule has 1 saturated heterocycles. The SMILES string of the molecule is CC(C)n1nnc(N2CCC([C@H](C)Oc3cnc(-c4ccc(S(C)(=O)=O)cc4)cn3)CC2)n1. The average Bonchev–Trinajstić information content (AvgIpc) is 3.30. The number of ether oxygens (including phenoxy) is 1. The molecule has 4 rings (SSSR count). The fourth-order valence-electron chi connectivity index (χ4n) is 3.82. The van der Waals surface area contributed by atoms with E-state index in [4.69, 9.17) is 4.74 Å². The van der Waals surface area contributed by atoms with Gasteiger partial charge in [0.25, 0.3) is 5.95 Å². The minimum absolute atomic E-state index is 0.000602. The lowest BCUT2D eigenvalue weighted by Crippen LogP contribution is -2.39. The van der Waals surface area contributed by atoms with E-state index in [1.165, 1.54) is 6.26 Å². The Morgan fingerprint density at radius 2 is 1.73 bits per heavy atom. The molecule has 0 N–H and O–H groups in total. The second-order valence-electron chi connectivity index (χ2n) is 8.69. The van der Waals surface area contributed by atoms with Crippen molar-refractivity contribution in [2.45, 2.75) is 50.7 Å². The van der Waals surface area contributed by atoms with Crippen molar-refractivity contribution in [1.82, 2.24) is 30.2 Å². The van der Waals surface area contributed by atoms with Crippen LogP contribution in [0.25, 0.3) is 11.3 Å². The summed E-state index contributed by atoms with van der Waals surface area (Å²) < 4.78 is 29.3. The van der Waals surface area contributed by atoms with Crippen LogP contribution in [0.4, 0.5) is 5.95 Å². The van der Waals surface area contributed by atoms with Gasteiger partial charge in [-0.3, -0.25) is 0 Å². The third kappa shape index (κ3) is 5.47. The van der Waals surface area contributed by atoms with Gasteiger partial charge in [-0.05, 0) is 56.9 Å². The van der Waals surface area contributed by atoms with Crippen molar-refractivity contribution in [2.24, 2.45) is 5.92 Å². The molecule has 10 nitrogen and oxygen atoms in total. The number of hydrogen-bond donors (Lipinski definition) is 0. The molecule has 0 amide bonds. The van der Waals surface area contributed by atoms with Crippen LogP contribution in [0.3, 0.4) is 0 Å². The Morgan fingerprint density at radius 3 is 2.27 bits per heavy atom. The van der Waals surface area contributed by atoms with Gasteiger partial charge in [-0.25, -0.2) is 18.4 Å². The average molecular weight is 472 g/mol. The largest absolute Gasteiger partial charge is 0.473 e. The zero-order valence-electron chi connectivity index (χ0n) is 19.3. The molecule has 33 heavy (non-hydrogen) atoms. The van der Waals surface area contributed by atoms with Gasteiger partial charge in [0.05, 0.1) is 29.0 Å². The maximum atomic E-state index is 11.6. The van der Waals surface area contributed by atoms with E-state index in [1.807, 2.05) is 13.8 Å². The summed E-state index contributed by atoms with van der Waals surface area (Å²) in [7, 11) is -3.22. The van der Waals surface area contributed by atoms with Gasteiger partial charge in [0.2, 0.25) is 5.88 Å². The van der Waals surface area contributed by atoms with Crippen LogP contribution in [-0.2, 0) is 9.84 Å². The number of tetrazole rings is 1. The molecule has 1 aliphatic heterocycles. The summed E-state index contributed by atoms with van der Waals surface area (Å²) in [6.45, 7) is 7.83. The maximum Gasteiger partial charge on any atom is 0.266 e. The van der Waals surface area contributed by atoms with E-state index in [2.05, 4.69) is 37.2 Å². The van der Waals surface area contributed by atoms with Crippen LogP contribution in [-0.4, -0.2) is 64.0 Å². The van der Waals surface area contributed by atoms with E-state index in [0.29, 0.717) is 23.4 Å². The minimum atomic E-state index is -3.22. The summed E-state index contributed by atoms with van der Waals surface area (Å²) in [5, 5.41) is 12.8. The Hall–Kier alpha value is -3.08. The number of rotatable bonds is 7. The molecule has 0 saturated carbocycles. The van der Waals surface area contributed by atoms with Gasteiger partial charge in [0.1, 0.15) is 6.10 Å². The highest BCUT2D eigenvalue weighted by atomic mass is 32.2. The van der Waals surface area contributed by atoms with Crippen LogP contribution in [0.1, 0.15) is 39.7 Å². The predicted molar refractivity (Wildman–Crippen MR) is 124 cm³/mol. The van der Waals surface area contributed by atoms with Gasteiger partial charge in [0, 0.05) is 24.9 Å². The summed E-state index contributed by atoms with van der Waals surface area (Å²) in [6.07, 6.45) is 6.38. The van der Waals surface area contributed by atoms with Crippen molar-refractivity contribution in [3.05, 3.63) is 36.7 Å². The van der Waals surface area contributed by atoms with E-state index in [1.54, 1.807) is 41.5 Å². The third-order valence-corrected chi connectivity index (χ3v) is 7.01. The van der Waals surface area contributed by atoms with E-state index in [0.717, 1.165) is 31.5 Å². The fraction of sp³-hybridized carbons (Fsp3) is 0.500. The number of hydrogen-bond acceptors (Lipinski definition) is 9. The van der Waals surface area contributed by atoms with Gasteiger partial charge in [0.15, 0.2) is 9.84 Å². The quantitative estimate of drug-likeness (QED) is 0.513. The van der Waals surface area contributed by atoms with Gasteiger partial charge >= 0.3 is 0 Å². The number of nitrogens with zero attached hydrogens (tertiary/aromatic N) is 7. The number of piperidine rings is 1. The molecule has 0 unspecified atom stereocenters. The van der Waals surface area contributed by atoms with Crippen LogP contribution in [0.15, 0.2) is 41.6 Å². The number of sulfone groups is 1. The van der Waals surface area contributed by atoms with Crippen molar-refractivity contribution in [3.8, 4) is 17.1 Å². The van der Waals surface area contributed by atoms with Crippen molar-refractivity contribution in [1.29, 1.82) is 0 Å². The minimum Gasteiger partial charge on any atom is -0.473 e. The zero-order valence-corrected chi connectivity index (χ0v) is 20.1. The molecule has 0 bridgehead atoms. The molecule has 0 radical (unpaired) electrons. The Morgan fingerprint density at radius 1 is 1.03 bits per heavy atom. The highest BCUT2D eigenvalue weighted by Crippen LogP contribution is 2.26. The first kappa shape index (κ1) is 23.1. The third-order valence-electron chi connectivity index (χ3n) is 5.88. The summed E-state index contributed by atoms with van der Waals surface area (Å²) in [5.41, 5.74) is 1.45. The summed E-state index contributed by atoms with van der Waals surface area (Å²) >= 11 is 0. The standard InChI is InChI=1S/C22H29N7O3S/c1-15(2)29-26-22(25-27-29)28-11-9-17(10-12-28)16(3)32-21-14-23-20(13-24-21)18-5-7-19(8-6-18)33(4,30)31/h5-8,13-17H,9-12H2,1-4H3/t16-/m0/s1. The molecular formula is C22H29N7O3S. The van der Waals surface area contributed by atoms with E-state index in [-0.39, 0.29) is 17.0 Å². The molecule has 0 aliphatic carbocycles. The van der Waals surface area contributed by atoms with Crippen LogP contribution < -0.4 is 9.64 Å². The lowest BCUT2D eigenvalue weighted by Gasteiger charge is -2.33. The highest BCUT2D eigenvalue weighted by Gasteiger charge is 2.27. The molecule has 11 heteroatoms. The predicted octanol–water partition coefficient (Wildman–Crippen LogP) is 2.80. The molecule has 3 aromatic rings. The molecule has 1 aromatic carbocycles. The van der Waals surface area contributed by atoms with Gasteiger partial charge in [-0.1, -0.05) is 17.2 Å². The first-order valence-corrected chi connectivity index (χ1v) is 12.9. The highest BCUT2D eigenvalue weighted by molar-refractivity contribution is 7.90. The van der Waals surface area contributed by atoms with Crippen molar-refractivity contribution < 1.29 is 13.2 Å².